The number of amides is 1. The van der Waals surface area contributed by atoms with Crippen LogP contribution in [0.4, 0.5) is 5.69 Å². The summed E-state index contributed by atoms with van der Waals surface area (Å²) in [5.74, 6) is 0.919. The summed E-state index contributed by atoms with van der Waals surface area (Å²) >= 11 is 1.27. The van der Waals surface area contributed by atoms with E-state index in [0.29, 0.717) is 28.3 Å². The number of carbonyl (C=O) groups excluding carboxylic acids is 2. The molecule has 2 aromatic rings. The van der Waals surface area contributed by atoms with Crippen molar-refractivity contribution in [3.63, 3.8) is 0 Å². The predicted molar refractivity (Wildman–Crippen MR) is 86.7 cm³/mol. The van der Waals surface area contributed by atoms with Gasteiger partial charge in [0.15, 0.2) is 5.78 Å². The fourth-order valence-electron chi connectivity index (χ4n) is 2.12. The van der Waals surface area contributed by atoms with Crippen molar-refractivity contribution in [3.8, 4) is 0 Å². The van der Waals surface area contributed by atoms with Crippen molar-refractivity contribution in [1.29, 1.82) is 0 Å². The first-order valence-corrected chi connectivity index (χ1v) is 8.33. The highest BCUT2D eigenvalue weighted by molar-refractivity contribution is 8.00. The Balaban J connectivity index is 1.62. The number of anilines is 1. The van der Waals surface area contributed by atoms with Crippen molar-refractivity contribution >= 4 is 29.1 Å². The highest BCUT2D eigenvalue weighted by atomic mass is 32.2. The molecule has 0 aliphatic heterocycles. The number of aromatic nitrogens is 2. The average molecular weight is 331 g/mol. The van der Waals surface area contributed by atoms with Gasteiger partial charge < -0.3 is 9.73 Å². The predicted octanol–water partition coefficient (Wildman–Crippen LogP) is 3.27. The smallest absolute Gasteiger partial charge is 0.277 e. The van der Waals surface area contributed by atoms with Crippen molar-refractivity contribution in [2.75, 3.05) is 5.32 Å². The minimum atomic E-state index is -0.325. The van der Waals surface area contributed by atoms with Crippen LogP contribution in [0.5, 0.6) is 0 Å². The summed E-state index contributed by atoms with van der Waals surface area (Å²) in [6, 6.07) is 6.83. The first-order valence-electron chi connectivity index (χ1n) is 7.45. The Morgan fingerprint density at radius 3 is 2.57 bits per heavy atom. The zero-order valence-electron chi connectivity index (χ0n) is 12.9. The summed E-state index contributed by atoms with van der Waals surface area (Å²) in [5, 5.41) is 10.8. The third-order valence-electron chi connectivity index (χ3n) is 3.49. The normalized spacial score (nSPS) is 15.2. The number of Topliss-reactive ketones (excluding diaryl/α,β-unsaturated/α-hetero) is 1. The molecule has 120 valence electrons. The van der Waals surface area contributed by atoms with Crippen molar-refractivity contribution in [3.05, 3.63) is 35.7 Å². The Bertz CT molecular complexity index is 722. The van der Waals surface area contributed by atoms with Gasteiger partial charge in [0.1, 0.15) is 0 Å². The van der Waals surface area contributed by atoms with E-state index in [4.69, 9.17) is 4.42 Å². The van der Waals surface area contributed by atoms with Crippen LogP contribution in [-0.2, 0) is 4.79 Å². The minimum absolute atomic E-state index is 0.0180. The molecule has 1 fully saturated rings. The number of nitrogens with one attached hydrogen (secondary N) is 1. The quantitative estimate of drug-likeness (QED) is 0.646. The highest BCUT2D eigenvalue weighted by Crippen LogP contribution is 2.40. The number of hydrogen-bond donors (Lipinski definition) is 1. The van der Waals surface area contributed by atoms with Gasteiger partial charge >= 0.3 is 0 Å². The number of rotatable bonds is 6. The monoisotopic (exact) mass is 331 g/mol. The highest BCUT2D eigenvalue weighted by Gasteiger charge is 2.30. The van der Waals surface area contributed by atoms with Crippen LogP contribution in [0.25, 0.3) is 0 Å². The molecule has 23 heavy (non-hydrogen) atoms. The molecule has 6 nitrogen and oxygen atoms in total. The van der Waals surface area contributed by atoms with Crippen LogP contribution in [0, 0.1) is 0 Å². The summed E-state index contributed by atoms with van der Waals surface area (Å²) < 4.78 is 5.57. The largest absolute Gasteiger partial charge is 0.416 e. The lowest BCUT2D eigenvalue weighted by molar-refractivity contribution is -0.114. The molecule has 0 bridgehead atoms. The third kappa shape index (κ3) is 3.98. The molecule has 1 unspecified atom stereocenters. The maximum Gasteiger partial charge on any atom is 0.277 e. The molecule has 0 spiro atoms. The van der Waals surface area contributed by atoms with Gasteiger partial charge in [0, 0.05) is 24.1 Å². The number of carbonyl (C=O) groups is 2. The van der Waals surface area contributed by atoms with Crippen molar-refractivity contribution in [2.45, 2.75) is 43.1 Å². The zero-order valence-corrected chi connectivity index (χ0v) is 13.7. The lowest BCUT2D eigenvalue weighted by atomic mass is 10.1. The molecular formula is C16H17N3O3S. The standard InChI is InChI=1S/C16H17N3O3S/c1-9(23-16-19-18-15(22-16)12-3-4-12)14(21)11-5-7-13(8-6-11)17-10(2)20/h5-9,12H,3-4H2,1-2H3,(H,17,20). The van der Waals surface area contributed by atoms with Crippen LogP contribution in [0.2, 0.25) is 0 Å². The van der Waals surface area contributed by atoms with Crippen LogP contribution in [0.15, 0.2) is 33.9 Å². The molecule has 1 aliphatic carbocycles. The van der Waals surface area contributed by atoms with E-state index in [2.05, 4.69) is 15.5 Å². The maximum atomic E-state index is 12.4. The fraction of sp³-hybridized carbons (Fsp3) is 0.375. The Morgan fingerprint density at radius 1 is 1.26 bits per heavy atom. The van der Waals surface area contributed by atoms with E-state index < -0.39 is 0 Å². The molecule has 0 saturated heterocycles. The van der Waals surface area contributed by atoms with Gasteiger partial charge in [-0.05, 0) is 44.0 Å². The number of thioether (sulfide) groups is 1. The lowest BCUT2D eigenvalue weighted by Gasteiger charge is -2.08. The number of hydrogen-bond acceptors (Lipinski definition) is 6. The lowest BCUT2D eigenvalue weighted by Crippen LogP contribution is -2.13. The SMILES string of the molecule is CC(=O)Nc1ccc(C(=O)C(C)Sc2nnc(C3CC3)o2)cc1. The Morgan fingerprint density at radius 2 is 1.96 bits per heavy atom. The van der Waals surface area contributed by atoms with Crippen LogP contribution in [0.1, 0.15) is 48.9 Å². The van der Waals surface area contributed by atoms with Crippen molar-refractivity contribution in [2.24, 2.45) is 0 Å². The van der Waals surface area contributed by atoms with E-state index in [1.165, 1.54) is 18.7 Å². The van der Waals surface area contributed by atoms with Gasteiger partial charge in [0.05, 0.1) is 5.25 Å². The van der Waals surface area contributed by atoms with E-state index in [1.807, 2.05) is 6.92 Å². The second-order valence-electron chi connectivity index (χ2n) is 5.56. The van der Waals surface area contributed by atoms with E-state index >= 15 is 0 Å². The summed E-state index contributed by atoms with van der Waals surface area (Å²) in [7, 11) is 0. The van der Waals surface area contributed by atoms with Crippen LogP contribution in [-0.4, -0.2) is 27.1 Å². The van der Waals surface area contributed by atoms with Gasteiger partial charge in [-0.15, -0.1) is 10.2 Å². The van der Waals surface area contributed by atoms with Crippen LogP contribution >= 0.6 is 11.8 Å². The molecule has 0 radical (unpaired) electrons. The number of ketones is 1. The average Bonchev–Trinajstić information content (AvgIpc) is 3.27. The van der Waals surface area contributed by atoms with Crippen LogP contribution < -0.4 is 5.32 Å². The van der Waals surface area contributed by atoms with E-state index in [9.17, 15) is 9.59 Å². The summed E-state index contributed by atoms with van der Waals surface area (Å²) in [6.07, 6.45) is 2.20. The molecule has 1 N–H and O–H groups in total. The molecule has 1 atom stereocenters. The zero-order chi connectivity index (χ0) is 16.4. The molecule has 1 saturated carbocycles. The minimum Gasteiger partial charge on any atom is -0.416 e. The maximum absolute atomic E-state index is 12.4. The molecule has 1 aromatic carbocycles. The molecule has 1 aliphatic rings. The van der Waals surface area contributed by atoms with E-state index in [0.717, 1.165) is 12.8 Å². The van der Waals surface area contributed by atoms with Crippen LogP contribution in [0.3, 0.4) is 0 Å². The first kappa shape index (κ1) is 15.7. The van der Waals surface area contributed by atoms with Gasteiger partial charge in [0.2, 0.25) is 11.8 Å². The molecule has 1 heterocycles. The van der Waals surface area contributed by atoms with Gasteiger partial charge in [-0.25, -0.2) is 0 Å². The molecular weight excluding hydrogens is 314 g/mol. The summed E-state index contributed by atoms with van der Waals surface area (Å²) in [6.45, 7) is 3.26. The molecule has 1 aromatic heterocycles. The van der Waals surface area contributed by atoms with Gasteiger partial charge in [0.25, 0.3) is 5.22 Å². The molecule has 1 amide bonds. The first-order chi connectivity index (χ1) is 11.0. The Labute approximate surface area is 138 Å². The molecule has 7 heteroatoms. The van der Waals surface area contributed by atoms with E-state index in [-0.39, 0.29) is 16.9 Å². The Kier molecular flexibility index (Phi) is 4.47. The fourth-order valence-corrected chi connectivity index (χ4v) is 2.89. The van der Waals surface area contributed by atoms with Crippen molar-refractivity contribution < 1.29 is 14.0 Å². The van der Waals surface area contributed by atoms with Gasteiger partial charge in [-0.2, -0.15) is 0 Å². The second-order valence-corrected chi connectivity index (χ2v) is 6.86. The van der Waals surface area contributed by atoms with Crippen molar-refractivity contribution in [1.82, 2.24) is 10.2 Å². The topological polar surface area (TPSA) is 85.1 Å². The summed E-state index contributed by atoms with van der Waals surface area (Å²) in [5.41, 5.74) is 1.25. The van der Waals surface area contributed by atoms with E-state index in [1.54, 1.807) is 24.3 Å². The third-order valence-corrected chi connectivity index (χ3v) is 4.42. The second kappa shape index (κ2) is 6.54. The number of benzene rings is 1. The van der Waals surface area contributed by atoms with Gasteiger partial charge in [-0.1, -0.05) is 11.8 Å². The Hall–Kier alpha value is -2.15. The molecule has 3 rings (SSSR count). The van der Waals surface area contributed by atoms with Gasteiger partial charge in [-0.3, -0.25) is 9.59 Å². The number of nitrogens with zero attached hydrogens (tertiary/aromatic N) is 2. The summed E-state index contributed by atoms with van der Waals surface area (Å²) in [4.78, 5) is 23.4.